The molecule has 0 heterocycles. The molecule has 0 fully saturated rings. The number of carbonyl (C=O) groups excluding carboxylic acids is 3. The standard InChI is InChI=1S/C13H10ClNO3/c1-7(16)6-15-11-10(14)12(17)8-4-2-3-5-9(8)13(11)18/h2-5,15H,6H2,1H3. The van der Waals surface area contributed by atoms with Crippen molar-refractivity contribution in [2.45, 2.75) is 6.92 Å². The van der Waals surface area contributed by atoms with E-state index >= 15 is 0 Å². The van der Waals surface area contributed by atoms with Crippen LogP contribution in [-0.2, 0) is 4.79 Å². The van der Waals surface area contributed by atoms with E-state index in [-0.39, 0.29) is 28.8 Å². The highest BCUT2D eigenvalue weighted by Gasteiger charge is 2.30. The van der Waals surface area contributed by atoms with Crippen LogP contribution in [0.2, 0.25) is 0 Å². The van der Waals surface area contributed by atoms with Gasteiger partial charge >= 0.3 is 0 Å². The molecule has 0 radical (unpaired) electrons. The Morgan fingerprint density at radius 3 is 2.28 bits per heavy atom. The number of hydrogen-bond donors (Lipinski definition) is 1. The van der Waals surface area contributed by atoms with Crippen LogP contribution in [0.3, 0.4) is 0 Å². The third kappa shape index (κ3) is 2.07. The van der Waals surface area contributed by atoms with Gasteiger partial charge in [-0.15, -0.1) is 0 Å². The molecule has 0 amide bonds. The molecule has 0 aliphatic heterocycles. The highest BCUT2D eigenvalue weighted by atomic mass is 35.5. The molecule has 2 rings (SSSR count). The lowest BCUT2D eigenvalue weighted by molar-refractivity contribution is -0.116. The fourth-order valence-electron chi connectivity index (χ4n) is 1.72. The Bertz CT molecular complexity index is 590. The molecule has 0 saturated carbocycles. The van der Waals surface area contributed by atoms with Crippen LogP contribution in [0.25, 0.3) is 0 Å². The first-order chi connectivity index (χ1) is 8.52. The maximum absolute atomic E-state index is 12.1. The van der Waals surface area contributed by atoms with E-state index in [2.05, 4.69) is 5.32 Å². The molecule has 0 saturated heterocycles. The maximum Gasteiger partial charge on any atom is 0.211 e. The number of nitrogens with one attached hydrogen (secondary N) is 1. The van der Waals surface area contributed by atoms with Crippen molar-refractivity contribution in [1.82, 2.24) is 5.32 Å². The van der Waals surface area contributed by atoms with Crippen LogP contribution in [0.15, 0.2) is 35.0 Å². The first-order valence-corrected chi connectivity index (χ1v) is 5.71. The molecule has 1 aliphatic rings. The second kappa shape index (κ2) is 4.74. The largest absolute Gasteiger partial charge is 0.373 e. The Morgan fingerprint density at radius 1 is 1.17 bits per heavy atom. The molecule has 1 aromatic rings. The number of allylic oxidation sites excluding steroid dienone is 2. The van der Waals surface area contributed by atoms with Gasteiger partial charge in [0.25, 0.3) is 0 Å². The van der Waals surface area contributed by atoms with Crippen molar-refractivity contribution in [3.63, 3.8) is 0 Å². The van der Waals surface area contributed by atoms with Crippen LogP contribution in [0.5, 0.6) is 0 Å². The van der Waals surface area contributed by atoms with Crippen molar-refractivity contribution in [1.29, 1.82) is 0 Å². The van der Waals surface area contributed by atoms with Gasteiger partial charge in [-0.1, -0.05) is 35.9 Å². The predicted octanol–water partition coefficient (Wildman–Crippen LogP) is 1.69. The molecule has 4 nitrogen and oxygen atoms in total. The van der Waals surface area contributed by atoms with Crippen molar-refractivity contribution in [2.75, 3.05) is 6.54 Å². The topological polar surface area (TPSA) is 63.2 Å². The summed E-state index contributed by atoms with van der Waals surface area (Å²) in [6.45, 7) is 1.34. The van der Waals surface area contributed by atoms with Crippen molar-refractivity contribution in [3.8, 4) is 0 Å². The maximum atomic E-state index is 12.1. The van der Waals surface area contributed by atoms with Crippen molar-refractivity contribution in [2.24, 2.45) is 0 Å². The summed E-state index contributed by atoms with van der Waals surface area (Å²) >= 11 is 5.87. The number of rotatable bonds is 3. The van der Waals surface area contributed by atoms with E-state index in [4.69, 9.17) is 11.6 Å². The van der Waals surface area contributed by atoms with E-state index in [9.17, 15) is 14.4 Å². The molecule has 0 spiro atoms. The monoisotopic (exact) mass is 263 g/mol. The molecule has 18 heavy (non-hydrogen) atoms. The zero-order valence-corrected chi connectivity index (χ0v) is 10.4. The van der Waals surface area contributed by atoms with E-state index in [1.54, 1.807) is 24.3 Å². The van der Waals surface area contributed by atoms with Gasteiger partial charge in [-0.3, -0.25) is 14.4 Å². The molecule has 0 bridgehead atoms. The van der Waals surface area contributed by atoms with Crippen LogP contribution in [0.4, 0.5) is 0 Å². The Labute approximate surface area is 109 Å². The summed E-state index contributed by atoms with van der Waals surface area (Å²) in [6.07, 6.45) is 0. The summed E-state index contributed by atoms with van der Waals surface area (Å²) in [5.41, 5.74) is 0.592. The van der Waals surface area contributed by atoms with Gasteiger partial charge in [-0.05, 0) is 6.92 Å². The second-order valence-electron chi connectivity index (χ2n) is 3.95. The molecular formula is C13H10ClNO3. The van der Waals surface area contributed by atoms with Gasteiger partial charge < -0.3 is 5.32 Å². The van der Waals surface area contributed by atoms with E-state index in [1.807, 2.05) is 0 Å². The van der Waals surface area contributed by atoms with E-state index in [1.165, 1.54) is 6.92 Å². The Kier molecular flexibility index (Phi) is 3.30. The van der Waals surface area contributed by atoms with Crippen LogP contribution in [-0.4, -0.2) is 23.9 Å². The minimum Gasteiger partial charge on any atom is -0.373 e. The van der Waals surface area contributed by atoms with Crippen molar-refractivity contribution in [3.05, 3.63) is 46.1 Å². The summed E-state index contributed by atoms with van der Waals surface area (Å²) in [6, 6.07) is 6.46. The van der Waals surface area contributed by atoms with Gasteiger partial charge in [0.2, 0.25) is 11.6 Å². The van der Waals surface area contributed by atoms with Crippen LogP contribution < -0.4 is 5.32 Å². The highest BCUT2D eigenvalue weighted by molar-refractivity contribution is 6.49. The molecule has 5 heteroatoms. The lowest BCUT2D eigenvalue weighted by Gasteiger charge is -2.18. The van der Waals surface area contributed by atoms with E-state index in [0.29, 0.717) is 11.1 Å². The SMILES string of the molecule is CC(=O)CNC1=C(Cl)C(=O)c2ccccc2C1=O. The van der Waals surface area contributed by atoms with Crippen molar-refractivity contribution < 1.29 is 14.4 Å². The van der Waals surface area contributed by atoms with Gasteiger partial charge in [0.05, 0.1) is 6.54 Å². The second-order valence-corrected chi connectivity index (χ2v) is 4.33. The lowest BCUT2D eigenvalue weighted by atomic mass is 9.92. The quantitative estimate of drug-likeness (QED) is 0.901. The predicted molar refractivity (Wildman–Crippen MR) is 66.7 cm³/mol. The fraction of sp³-hybridized carbons (Fsp3) is 0.154. The average Bonchev–Trinajstić information content (AvgIpc) is 2.36. The zero-order chi connectivity index (χ0) is 13.3. The molecule has 92 valence electrons. The van der Waals surface area contributed by atoms with Crippen LogP contribution >= 0.6 is 11.6 Å². The summed E-state index contributed by atoms with van der Waals surface area (Å²) < 4.78 is 0. The molecule has 0 aromatic heterocycles. The zero-order valence-electron chi connectivity index (χ0n) is 9.62. The van der Waals surface area contributed by atoms with Crippen LogP contribution in [0, 0.1) is 0 Å². The average molecular weight is 264 g/mol. The first-order valence-electron chi connectivity index (χ1n) is 5.34. The molecular weight excluding hydrogens is 254 g/mol. The van der Waals surface area contributed by atoms with Crippen LogP contribution in [0.1, 0.15) is 27.6 Å². The molecule has 1 N–H and O–H groups in total. The first kappa shape index (κ1) is 12.5. The number of ketones is 3. The Hall–Kier alpha value is -1.94. The normalized spacial score (nSPS) is 14.6. The highest BCUT2D eigenvalue weighted by Crippen LogP contribution is 2.26. The molecule has 1 aliphatic carbocycles. The molecule has 0 unspecified atom stereocenters. The van der Waals surface area contributed by atoms with E-state index < -0.39 is 5.78 Å². The lowest BCUT2D eigenvalue weighted by Crippen LogP contribution is -2.31. The number of Topliss-reactive ketones (excluding diaryl/α,β-unsaturated/α-hetero) is 3. The summed E-state index contributed by atoms with van der Waals surface area (Å²) in [5, 5.41) is 2.45. The van der Waals surface area contributed by atoms with E-state index in [0.717, 1.165) is 0 Å². The minimum atomic E-state index is -0.405. The van der Waals surface area contributed by atoms with Gasteiger partial charge in [0.15, 0.2) is 0 Å². The number of halogens is 1. The van der Waals surface area contributed by atoms with Gasteiger partial charge in [-0.25, -0.2) is 0 Å². The summed E-state index contributed by atoms with van der Waals surface area (Å²) in [7, 11) is 0. The van der Waals surface area contributed by atoms with Gasteiger partial charge in [-0.2, -0.15) is 0 Å². The number of benzene rings is 1. The van der Waals surface area contributed by atoms with Gasteiger partial charge in [0.1, 0.15) is 16.5 Å². The minimum absolute atomic E-state index is 0.00410. The molecule has 0 atom stereocenters. The third-order valence-electron chi connectivity index (χ3n) is 2.58. The number of hydrogen-bond acceptors (Lipinski definition) is 4. The Morgan fingerprint density at radius 2 is 1.72 bits per heavy atom. The van der Waals surface area contributed by atoms with Gasteiger partial charge in [0, 0.05) is 11.1 Å². The summed E-state index contributed by atoms with van der Waals surface area (Å²) in [4.78, 5) is 35.0. The molecule has 1 aromatic carbocycles. The third-order valence-corrected chi connectivity index (χ3v) is 2.94. The smallest absolute Gasteiger partial charge is 0.211 e. The Balaban J connectivity index is 2.43. The number of carbonyl (C=O) groups is 3. The summed E-state index contributed by atoms with van der Waals surface area (Å²) in [5.74, 6) is -0.916. The fourth-order valence-corrected chi connectivity index (χ4v) is 1.97. The number of fused-ring (bicyclic) bond motifs is 1. The van der Waals surface area contributed by atoms with Crippen molar-refractivity contribution >= 4 is 29.0 Å².